The van der Waals surface area contributed by atoms with E-state index in [-0.39, 0.29) is 12.5 Å². The summed E-state index contributed by atoms with van der Waals surface area (Å²) in [5.74, 6) is 0.714. The maximum atomic E-state index is 9.17. The first kappa shape index (κ1) is 12.5. The van der Waals surface area contributed by atoms with Crippen molar-refractivity contribution in [1.82, 2.24) is 0 Å². The Labute approximate surface area is 96.7 Å². The normalized spacial score (nSPS) is 12.2. The summed E-state index contributed by atoms with van der Waals surface area (Å²) in [5, 5.41) is 21.1. The standard InChI is InChI=1S/C13H18N2O/c1-10(2)12(9-16)8-15-13-5-3-11(7-14)4-6-13/h3-6,10,12,15-16H,8-9H2,1-2H3. The third-order valence-electron chi connectivity index (χ3n) is 2.76. The Hall–Kier alpha value is -1.53. The van der Waals surface area contributed by atoms with Crippen LogP contribution in [-0.4, -0.2) is 18.3 Å². The second kappa shape index (κ2) is 6.14. The van der Waals surface area contributed by atoms with Gasteiger partial charge in [0.15, 0.2) is 0 Å². The Bertz CT molecular complexity index is 351. The molecule has 0 bridgehead atoms. The third kappa shape index (κ3) is 3.56. The molecule has 0 fully saturated rings. The number of nitrogens with one attached hydrogen (secondary N) is 1. The SMILES string of the molecule is CC(C)C(CO)CNc1ccc(C#N)cc1. The van der Waals surface area contributed by atoms with Crippen LogP contribution in [0.2, 0.25) is 0 Å². The van der Waals surface area contributed by atoms with Crippen LogP contribution in [0.3, 0.4) is 0 Å². The van der Waals surface area contributed by atoms with Gasteiger partial charge in [0.25, 0.3) is 0 Å². The average molecular weight is 218 g/mol. The van der Waals surface area contributed by atoms with Crippen LogP contribution < -0.4 is 5.32 Å². The van der Waals surface area contributed by atoms with Gasteiger partial charge in [0.2, 0.25) is 0 Å². The first-order valence-corrected chi connectivity index (χ1v) is 5.52. The van der Waals surface area contributed by atoms with E-state index in [4.69, 9.17) is 5.26 Å². The lowest BCUT2D eigenvalue weighted by atomic mass is 9.97. The summed E-state index contributed by atoms with van der Waals surface area (Å²) in [4.78, 5) is 0. The average Bonchev–Trinajstić information content (AvgIpc) is 2.30. The van der Waals surface area contributed by atoms with Gasteiger partial charge >= 0.3 is 0 Å². The van der Waals surface area contributed by atoms with E-state index < -0.39 is 0 Å². The van der Waals surface area contributed by atoms with E-state index >= 15 is 0 Å². The Morgan fingerprint density at radius 3 is 2.38 bits per heavy atom. The van der Waals surface area contributed by atoms with Crippen LogP contribution in [0, 0.1) is 23.2 Å². The Morgan fingerprint density at radius 2 is 1.94 bits per heavy atom. The lowest BCUT2D eigenvalue weighted by Gasteiger charge is -2.19. The van der Waals surface area contributed by atoms with Crippen LogP contribution in [0.15, 0.2) is 24.3 Å². The predicted molar refractivity (Wildman–Crippen MR) is 65.1 cm³/mol. The maximum absolute atomic E-state index is 9.17. The van der Waals surface area contributed by atoms with Crippen molar-refractivity contribution in [2.75, 3.05) is 18.5 Å². The van der Waals surface area contributed by atoms with Gasteiger partial charge in [-0.25, -0.2) is 0 Å². The predicted octanol–water partition coefficient (Wildman–Crippen LogP) is 2.23. The topological polar surface area (TPSA) is 56.0 Å². The number of aliphatic hydroxyl groups excluding tert-OH is 1. The molecular weight excluding hydrogens is 200 g/mol. The first-order chi connectivity index (χ1) is 7.67. The fourth-order valence-corrected chi connectivity index (χ4v) is 1.42. The zero-order chi connectivity index (χ0) is 12.0. The molecule has 0 aliphatic heterocycles. The molecule has 0 saturated heterocycles. The monoisotopic (exact) mass is 218 g/mol. The molecule has 0 aliphatic rings. The van der Waals surface area contributed by atoms with E-state index in [1.54, 1.807) is 12.1 Å². The molecule has 0 spiro atoms. The number of aliphatic hydroxyl groups is 1. The van der Waals surface area contributed by atoms with Gasteiger partial charge < -0.3 is 10.4 Å². The molecule has 1 rings (SSSR count). The van der Waals surface area contributed by atoms with Crippen LogP contribution in [0.1, 0.15) is 19.4 Å². The van der Waals surface area contributed by atoms with Crippen LogP contribution in [0.5, 0.6) is 0 Å². The van der Waals surface area contributed by atoms with Crippen molar-refractivity contribution in [3.63, 3.8) is 0 Å². The molecule has 1 aromatic carbocycles. The van der Waals surface area contributed by atoms with Gasteiger partial charge in [0.1, 0.15) is 0 Å². The van der Waals surface area contributed by atoms with Gasteiger partial charge in [-0.1, -0.05) is 13.8 Å². The molecule has 0 saturated carbocycles. The smallest absolute Gasteiger partial charge is 0.0991 e. The van der Waals surface area contributed by atoms with Crippen LogP contribution in [0.25, 0.3) is 0 Å². The zero-order valence-corrected chi connectivity index (χ0v) is 9.77. The van der Waals surface area contributed by atoms with Crippen molar-refractivity contribution in [3.8, 4) is 6.07 Å². The minimum atomic E-state index is 0.195. The second-order valence-corrected chi connectivity index (χ2v) is 4.26. The molecule has 3 heteroatoms. The van der Waals surface area contributed by atoms with Crippen LogP contribution in [0.4, 0.5) is 5.69 Å². The summed E-state index contributed by atoms with van der Waals surface area (Å²) in [7, 11) is 0. The summed E-state index contributed by atoms with van der Waals surface area (Å²) in [6.45, 7) is 5.14. The van der Waals surface area contributed by atoms with E-state index in [2.05, 4.69) is 25.2 Å². The molecule has 3 nitrogen and oxygen atoms in total. The number of hydrogen-bond donors (Lipinski definition) is 2. The van der Waals surface area contributed by atoms with Gasteiger partial charge in [-0.2, -0.15) is 5.26 Å². The first-order valence-electron chi connectivity index (χ1n) is 5.52. The van der Waals surface area contributed by atoms with Crippen molar-refractivity contribution >= 4 is 5.69 Å². The fourth-order valence-electron chi connectivity index (χ4n) is 1.42. The van der Waals surface area contributed by atoms with Crippen molar-refractivity contribution in [2.45, 2.75) is 13.8 Å². The minimum Gasteiger partial charge on any atom is -0.396 e. The number of anilines is 1. The molecule has 1 aromatic rings. The number of hydrogen-bond acceptors (Lipinski definition) is 3. The highest BCUT2D eigenvalue weighted by Crippen LogP contribution is 2.13. The quantitative estimate of drug-likeness (QED) is 0.796. The Kier molecular flexibility index (Phi) is 4.81. The molecule has 86 valence electrons. The highest BCUT2D eigenvalue weighted by molar-refractivity contribution is 5.47. The summed E-state index contributed by atoms with van der Waals surface area (Å²) < 4.78 is 0. The summed E-state index contributed by atoms with van der Waals surface area (Å²) in [6, 6.07) is 9.41. The van der Waals surface area contributed by atoms with E-state index in [9.17, 15) is 5.11 Å². The highest BCUT2D eigenvalue weighted by atomic mass is 16.3. The van der Waals surface area contributed by atoms with Gasteiger partial charge in [0.05, 0.1) is 11.6 Å². The molecular formula is C13H18N2O. The van der Waals surface area contributed by atoms with Crippen molar-refractivity contribution < 1.29 is 5.11 Å². The summed E-state index contributed by atoms with van der Waals surface area (Å²) in [5.41, 5.74) is 1.64. The maximum Gasteiger partial charge on any atom is 0.0991 e. The van der Waals surface area contributed by atoms with Gasteiger partial charge in [-0.05, 0) is 30.2 Å². The Balaban J connectivity index is 2.51. The number of nitrogens with zero attached hydrogens (tertiary/aromatic N) is 1. The van der Waals surface area contributed by atoms with Crippen LogP contribution in [-0.2, 0) is 0 Å². The van der Waals surface area contributed by atoms with E-state index in [1.165, 1.54) is 0 Å². The molecule has 0 radical (unpaired) electrons. The highest BCUT2D eigenvalue weighted by Gasteiger charge is 2.11. The zero-order valence-electron chi connectivity index (χ0n) is 9.77. The Morgan fingerprint density at radius 1 is 1.31 bits per heavy atom. The number of nitriles is 1. The second-order valence-electron chi connectivity index (χ2n) is 4.26. The van der Waals surface area contributed by atoms with Gasteiger partial charge in [-0.3, -0.25) is 0 Å². The van der Waals surface area contributed by atoms with Crippen molar-refractivity contribution in [3.05, 3.63) is 29.8 Å². The van der Waals surface area contributed by atoms with Gasteiger partial charge in [-0.15, -0.1) is 0 Å². The molecule has 0 aromatic heterocycles. The molecule has 1 atom stereocenters. The van der Waals surface area contributed by atoms with Crippen LogP contribution >= 0.6 is 0 Å². The van der Waals surface area contributed by atoms with Crippen molar-refractivity contribution in [1.29, 1.82) is 5.26 Å². The molecule has 0 amide bonds. The van der Waals surface area contributed by atoms with E-state index in [1.807, 2.05) is 12.1 Å². The minimum absolute atomic E-state index is 0.195. The van der Waals surface area contributed by atoms with Crippen molar-refractivity contribution in [2.24, 2.45) is 11.8 Å². The molecule has 0 heterocycles. The molecule has 2 N–H and O–H groups in total. The third-order valence-corrected chi connectivity index (χ3v) is 2.76. The summed E-state index contributed by atoms with van der Waals surface area (Å²) >= 11 is 0. The molecule has 1 unspecified atom stereocenters. The fraction of sp³-hybridized carbons (Fsp3) is 0.462. The lowest BCUT2D eigenvalue weighted by molar-refractivity contribution is 0.198. The molecule has 16 heavy (non-hydrogen) atoms. The van der Waals surface area contributed by atoms with E-state index in [0.29, 0.717) is 11.5 Å². The number of rotatable bonds is 5. The largest absolute Gasteiger partial charge is 0.396 e. The molecule has 0 aliphatic carbocycles. The lowest BCUT2D eigenvalue weighted by Crippen LogP contribution is -2.22. The number of benzene rings is 1. The summed E-state index contributed by atoms with van der Waals surface area (Å²) in [6.07, 6.45) is 0. The van der Waals surface area contributed by atoms with E-state index in [0.717, 1.165) is 12.2 Å². The van der Waals surface area contributed by atoms with Gasteiger partial charge in [0, 0.05) is 24.8 Å².